The lowest BCUT2D eigenvalue weighted by molar-refractivity contribution is 0.0737. The Morgan fingerprint density at radius 3 is 2.23 bits per heavy atom. The molecule has 1 fully saturated rings. The molecular weight excluding hydrogens is 336 g/mol. The van der Waals surface area contributed by atoms with Crippen LogP contribution in [0.4, 0.5) is 14.5 Å². The van der Waals surface area contributed by atoms with Crippen LogP contribution in [-0.4, -0.2) is 41.6 Å². The van der Waals surface area contributed by atoms with Gasteiger partial charge in [0.15, 0.2) is 0 Å². The molecule has 134 valence electrons. The first kappa shape index (κ1) is 16.6. The molecule has 4 nitrogen and oxygen atoms in total. The summed E-state index contributed by atoms with van der Waals surface area (Å²) < 4.78 is 28.3. The fraction of sp³-hybridized carbons (Fsp3) is 0.250. The Morgan fingerprint density at radius 2 is 1.54 bits per heavy atom. The Labute approximate surface area is 150 Å². The number of benzene rings is 2. The highest BCUT2D eigenvalue weighted by Crippen LogP contribution is 2.22. The maximum Gasteiger partial charge on any atom is 0.270 e. The molecule has 1 aliphatic heterocycles. The molecule has 0 unspecified atom stereocenters. The lowest BCUT2D eigenvalue weighted by Crippen LogP contribution is -2.49. The van der Waals surface area contributed by atoms with E-state index in [1.54, 1.807) is 29.8 Å². The lowest BCUT2D eigenvalue weighted by atomic mass is 10.2. The topological polar surface area (TPSA) is 28.5 Å². The van der Waals surface area contributed by atoms with Gasteiger partial charge in [-0.05, 0) is 48.5 Å². The molecule has 3 aromatic rings. The maximum absolute atomic E-state index is 13.5. The smallest absolute Gasteiger partial charge is 0.270 e. The van der Waals surface area contributed by atoms with Gasteiger partial charge in [0.1, 0.15) is 17.3 Å². The number of rotatable bonds is 2. The molecule has 2 aromatic carbocycles. The van der Waals surface area contributed by atoms with Crippen molar-refractivity contribution in [2.75, 3.05) is 31.1 Å². The number of halogens is 2. The van der Waals surface area contributed by atoms with Gasteiger partial charge in [-0.1, -0.05) is 0 Å². The zero-order valence-corrected chi connectivity index (χ0v) is 14.5. The molecule has 2 heterocycles. The fourth-order valence-corrected chi connectivity index (χ4v) is 3.49. The molecule has 1 aliphatic rings. The van der Waals surface area contributed by atoms with Gasteiger partial charge in [-0.2, -0.15) is 0 Å². The number of aryl methyl sites for hydroxylation is 1. The maximum atomic E-state index is 13.5. The zero-order chi connectivity index (χ0) is 18.3. The SMILES string of the molecule is Cn1c(C(=O)N2CCN(c3ccc(F)cc3)CC2)cc2ccc(F)cc21. The minimum atomic E-state index is -0.314. The van der Waals surface area contributed by atoms with E-state index in [4.69, 9.17) is 0 Å². The molecule has 0 aliphatic carbocycles. The summed E-state index contributed by atoms with van der Waals surface area (Å²) >= 11 is 0. The van der Waals surface area contributed by atoms with Crippen LogP contribution in [0.5, 0.6) is 0 Å². The summed E-state index contributed by atoms with van der Waals surface area (Å²) in [5.41, 5.74) is 2.22. The van der Waals surface area contributed by atoms with E-state index in [2.05, 4.69) is 4.90 Å². The summed E-state index contributed by atoms with van der Waals surface area (Å²) in [5.74, 6) is -0.622. The van der Waals surface area contributed by atoms with Crippen LogP contribution in [0.25, 0.3) is 10.9 Å². The van der Waals surface area contributed by atoms with E-state index >= 15 is 0 Å². The van der Waals surface area contributed by atoms with E-state index in [1.165, 1.54) is 24.3 Å². The number of aromatic nitrogens is 1. The van der Waals surface area contributed by atoms with Crippen molar-refractivity contribution in [3.05, 3.63) is 65.9 Å². The minimum absolute atomic E-state index is 0.0529. The molecule has 0 spiro atoms. The average Bonchev–Trinajstić information content (AvgIpc) is 2.98. The molecule has 0 N–H and O–H groups in total. The van der Waals surface area contributed by atoms with Crippen molar-refractivity contribution in [3.63, 3.8) is 0 Å². The molecular formula is C20H19F2N3O. The highest BCUT2D eigenvalue weighted by molar-refractivity contribution is 5.98. The number of hydrogen-bond donors (Lipinski definition) is 0. The van der Waals surface area contributed by atoms with Crippen molar-refractivity contribution in [2.24, 2.45) is 7.05 Å². The zero-order valence-electron chi connectivity index (χ0n) is 14.5. The van der Waals surface area contributed by atoms with Crippen LogP contribution in [0.15, 0.2) is 48.5 Å². The first-order valence-corrected chi connectivity index (χ1v) is 8.58. The highest BCUT2D eigenvalue weighted by atomic mass is 19.1. The summed E-state index contributed by atoms with van der Waals surface area (Å²) in [5, 5.41) is 0.849. The first-order valence-electron chi connectivity index (χ1n) is 8.58. The molecule has 1 saturated heterocycles. The Kier molecular flexibility index (Phi) is 4.11. The Bertz CT molecular complexity index is 957. The molecule has 0 radical (unpaired) electrons. The quantitative estimate of drug-likeness (QED) is 0.705. The Hall–Kier alpha value is -2.89. The summed E-state index contributed by atoms with van der Waals surface area (Å²) in [4.78, 5) is 16.9. The van der Waals surface area contributed by atoms with Gasteiger partial charge in [-0.25, -0.2) is 8.78 Å². The molecule has 4 rings (SSSR count). The van der Waals surface area contributed by atoms with Gasteiger partial charge in [-0.15, -0.1) is 0 Å². The van der Waals surface area contributed by atoms with Crippen LogP contribution < -0.4 is 4.90 Å². The largest absolute Gasteiger partial charge is 0.368 e. The van der Waals surface area contributed by atoms with Gasteiger partial charge in [0.2, 0.25) is 0 Å². The van der Waals surface area contributed by atoms with Crippen LogP contribution in [0.3, 0.4) is 0 Å². The van der Waals surface area contributed by atoms with Crippen molar-refractivity contribution in [1.82, 2.24) is 9.47 Å². The molecule has 6 heteroatoms. The van der Waals surface area contributed by atoms with Crippen LogP contribution in [-0.2, 0) is 7.05 Å². The summed E-state index contributed by atoms with van der Waals surface area (Å²) in [6, 6.07) is 12.7. The van der Waals surface area contributed by atoms with Gasteiger partial charge in [-0.3, -0.25) is 4.79 Å². The monoisotopic (exact) mass is 355 g/mol. The van der Waals surface area contributed by atoms with Crippen LogP contribution in [0.2, 0.25) is 0 Å². The second kappa shape index (κ2) is 6.44. The Morgan fingerprint density at radius 1 is 0.885 bits per heavy atom. The van der Waals surface area contributed by atoms with Crippen molar-refractivity contribution in [2.45, 2.75) is 0 Å². The number of carbonyl (C=O) groups is 1. The van der Waals surface area contributed by atoms with E-state index in [1.807, 2.05) is 11.0 Å². The molecule has 0 atom stereocenters. The van der Waals surface area contributed by atoms with Crippen molar-refractivity contribution < 1.29 is 13.6 Å². The van der Waals surface area contributed by atoms with Gasteiger partial charge in [0.25, 0.3) is 5.91 Å². The van der Waals surface area contributed by atoms with E-state index in [0.29, 0.717) is 37.4 Å². The van der Waals surface area contributed by atoms with Crippen molar-refractivity contribution in [1.29, 1.82) is 0 Å². The van der Waals surface area contributed by atoms with Crippen molar-refractivity contribution >= 4 is 22.5 Å². The number of nitrogens with zero attached hydrogens (tertiary/aromatic N) is 3. The van der Waals surface area contributed by atoms with Crippen LogP contribution in [0.1, 0.15) is 10.5 Å². The standard InChI is InChI=1S/C20H19F2N3O/c1-23-18-13-16(22)3-2-14(18)12-19(23)20(26)25-10-8-24(9-11-25)17-6-4-15(21)5-7-17/h2-7,12-13H,8-11H2,1H3. The number of amides is 1. The first-order chi connectivity index (χ1) is 12.5. The molecule has 0 bridgehead atoms. The number of anilines is 1. The molecule has 1 amide bonds. The van der Waals surface area contributed by atoms with E-state index in [9.17, 15) is 13.6 Å². The van der Waals surface area contributed by atoms with E-state index in [-0.39, 0.29) is 17.5 Å². The van der Waals surface area contributed by atoms with Crippen LogP contribution >= 0.6 is 0 Å². The molecule has 26 heavy (non-hydrogen) atoms. The van der Waals surface area contributed by atoms with Crippen molar-refractivity contribution in [3.8, 4) is 0 Å². The second-order valence-corrected chi connectivity index (χ2v) is 6.55. The van der Waals surface area contributed by atoms with Crippen LogP contribution in [0, 0.1) is 11.6 Å². The van der Waals surface area contributed by atoms with Gasteiger partial charge in [0, 0.05) is 44.3 Å². The third kappa shape index (κ3) is 2.92. The third-order valence-corrected chi connectivity index (χ3v) is 4.99. The number of piperazine rings is 1. The van der Waals surface area contributed by atoms with Gasteiger partial charge in [0.05, 0.1) is 5.52 Å². The summed E-state index contributed by atoms with van der Waals surface area (Å²) in [6.45, 7) is 2.56. The number of hydrogen-bond acceptors (Lipinski definition) is 2. The molecule has 1 aromatic heterocycles. The van der Waals surface area contributed by atoms with Gasteiger partial charge >= 0.3 is 0 Å². The second-order valence-electron chi connectivity index (χ2n) is 6.55. The number of fused-ring (bicyclic) bond motifs is 1. The highest BCUT2D eigenvalue weighted by Gasteiger charge is 2.24. The van der Waals surface area contributed by atoms with E-state index < -0.39 is 0 Å². The summed E-state index contributed by atoms with van der Waals surface area (Å²) in [7, 11) is 1.78. The minimum Gasteiger partial charge on any atom is -0.368 e. The van der Waals surface area contributed by atoms with E-state index in [0.717, 1.165) is 11.1 Å². The van der Waals surface area contributed by atoms with Gasteiger partial charge < -0.3 is 14.4 Å². The molecule has 0 saturated carbocycles. The summed E-state index contributed by atoms with van der Waals surface area (Å²) in [6.07, 6.45) is 0. The fourth-order valence-electron chi connectivity index (χ4n) is 3.49. The predicted molar refractivity (Wildman–Crippen MR) is 97.4 cm³/mol. The normalized spacial score (nSPS) is 14.9. The third-order valence-electron chi connectivity index (χ3n) is 4.99. The lowest BCUT2D eigenvalue weighted by Gasteiger charge is -2.36. The average molecular weight is 355 g/mol. The predicted octanol–water partition coefficient (Wildman–Crippen LogP) is 3.42. The number of carbonyl (C=O) groups excluding carboxylic acids is 1. The Balaban J connectivity index is 1.50.